The highest BCUT2D eigenvalue weighted by Crippen LogP contribution is 2.34. The van der Waals surface area contributed by atoms with Gasteiger partial charge < -0.3 is 4.74 Å². The highest BCUT2D eigenvalue weighted by molar-refractivity contribution is 9.10. The molecule has 0 spiro atoms. The Bertz CT molecular complexity index is 658. The molecule has 2 rings (SSSR count). The Kier molecular flexibility index (Phi) is 4.12. The molecule has 0 bridgehead atoms. The lowest BCUT2D eigenvalue weighted by Gasteiger charge is -2.20. The molecule has 0 radical (unpaired) electrons. The number of halogens is 1. The summed E-state index contributed by atoms with van der Waals surface area (Å²) in [6, 6.07) is 6.90. The molecule has 0 aromatic heterocycles. The van der Waals surface area contributed by atoms with Gasteiger partial charge in [-0.1, -0.05) is 0 Å². The van der Waals surface area contributed by atoms with Crippen LogP contribution in [0.5, 0.6) is 5.75 Å². The number of nitriles is 1. The fourth-order valence-corrected chi connectivity index (χ4v) is 3.53. The van der Waals surface area contributed by atoms with Crippen molar-refractivity contribution in [3.63, 3.8) is 0 Å². The minimum absolute atomic E-state index is 0.342. The summed E-state index contributed by atoms with van der Waals surface area (Å²) in [6.45, 7) is 3.74. The number of nitrogens with zero attached hydrogens (tertiary/aromatic N) is 1. The van der Waals surface area contributed by atoms with Crippen molar-refractivity contribution < 1.29 is 8.95 Å². The summed E-state index contributed by atoms with van der Waals surface area (Å²) in [4.78, 5) is 0.342. The van der Waals surface area contributed by atoms with Crippen LogP contribution in [0.15, 0.2) is 27.6 Å². The van der Waals surface area contributed by atoms with Gasteiger partial charge in [-0.15, -0.1) is 0 Å². The Hall–Kier alpha value is -1.06. The van der Waals surface area contributed by atoms with Gasteiger partial charge in [-0.2, -0.15) is 5.26 Å². The molecule has 0 amide bonds. The maximum atomic E-state index is 12.6. The summed E-state index contributed by atoms with van der Waals surface area (Å²) in [5, 5.41) is 9.08. The molecule has 1 unspecified atom stereocenters. The number of benzene rings is 1. The lowest BCUT2D eigenvalue weighted by Crippen LogP contribution is -2.28. The fourth-order valence-electron chi connectivity index (χ4n) is 1.63. The van der Waals surface area contributed by atoms with Crippen LogP contribution in [0.2, 0.25) is 0 Å². The summed E-state index contributed by atoms with van der Waals surface area (Å²) >= 11 is 3.38. The molecule has 4 nitrogen and oxygen atoms in total. The predicted molar refractivity (Wildman–Crippen MR) is 81.2 cm³/mol. The first kappa shape index (κ1) is 15.3. The maximum Gasteiger partial charge on any atom is 0.139 e. The van der Waals surface area contributed by atoms with E-state index in [1.165, 1.54) is 26.7 Å². The SMILES string of the molecule is CC(C)(C#N)S(=N)(=O)c1ccc(OCC2CC2)c(Br)c1. The molecule has 1 fully saturated rings. The van der Waals surface area contributed by atoms with E-state index < -0.39 is 14.5 Å². The van der Waals surface area contributed by atoms with E-state index >= 15 is 0 Å². The standard InChI is InChI=1S/C14H17BrN2O2S/c1-14(2,9-16)20(17,18)11-5-6-13(12(15)7-11)19-8-10-3-4-10/h5-7,10,17H,3-4,8H2,1-2H3. The Morgan fingerprint density at radius 3 is 2.70 bits per heavy atom. The molecule has 6 heteroatoms. The van der Waals surface area contributed by atoms with Crippen molar-refractivity contribution in [2.45, 2.75) is 36.3 Å². The molecular weight excluding hydrogens is 340 g/mol. The zero-order chi connectivity index (χ0) is 15.0. The Morgan fingerprint density at radius 1 is 1.55 bits per heavy atom. The van der Waals surface area contributed by atoms with Crippen molar-refractivity contribution in [1.82, 2.24) is 0 Å². The Labute approximate surface area is 128 Å². The first-order chi connectivity index (χ1) is 9.28. The normalized spacial score (nSPS) is 18.1. The second kappa shape index (κ2) is 5.38. The highest BCUT2D eigenvalue weighted by Gasteiger charge is 2.32. The van der Waals surface area contributed by atoms with Gasteiger partial charge in [0.25, 0.3) is 0 Å². The van der Waals surface area contributed by atoms with Crippen LogP contribution in [0, 0.1) is 22.0 Å². The Morgan fingerprint density at radius 2 is 2.20 bits per heavy atom. The lowest BCUT2D eigenvalue weighted by molar-refractivity contribution is 0.298. The van der Waals surface area contributed by atoms with Crippen LogP contribution in [-0.2, 0) is 9.73 Å². The third kappa shape index (κ3) is 2.99. The first-order valence-corrected chi connectivity index (χ1v) is 8.75. The van der Waals surface area contributed by atoms with Gasteiger partial charge in [-0.05, 0) is 66.7 Å². The van der Waals surface area contributed by atoms with Crippen LogP contribution >= 0.6 is 15.9 Å². The summed E-state index contributed by atoms with van der Waals surface area (Å²) in [7, 11) is -3.19. The van der Waals surface area contributed by atoms with E-state index in [0.29, 0.717) is 27.6 Å². The summed E-state index contributed by atoms with van der Waals surface area (Å²) in [6.07, 6.45) is 2.43. The van der Waals surface area contributed by atoms with E-state index in [1.807, 2.05) is 6.07 Å². The van der Waals surface area contributed by atoms with Crippen LogP contribution in [0.1, 0.15) is 26.7 Å². The molecule has 1 aromatic carbocycles. The average Bonchev–Trinajstić information content (AvgIpc) is 3.21. The number of nitrogens with one attached hydrogen (secondary N) is 1. The summed E-state index contributed by atoms with van der Waals surface area (Å²) in [5.74, 6) is 1.34. The maximum absolute atomic E-state index is 12.6. The van der Waals surface area contributed by atoms with Crippen molar-refractivity contribution in [1.29, 1.82) is 10.0 Å². The van der Waals surface area contributed by atoms with Gasteiger partial charge in [-0.25, -0.2) is 8.99 Å². The van der Waals surface area contributed by atoms with Crippen LogP contribution < -0.4 is 4.74 Å². The number of rotatable bonds is 5. The van der Waals surface area contributed by atoms with Gasteiger partial charge in [0.15, 0.2) is 0 Å². The first-order valence-electron chi connectivity index (χ1n) is 6.40. The zero-order valence-corrected chi connectivity index (χ0v) is 13.9. The molecule has 0 saturated heterocycles. The fraction of sp³-hybridized carbons (Fsp3) is 0.500. The Balaban J connectivity index is 2.26. The highest BCUT2D eigenvalue weighted by atomic mass is 79.9. The molecule has 1 aromatic rings. The van der Waals surface area contributed by atoms with E-state index in [4.69, 9.17) is 14.8 Å². The topological polar surface area (TPSA) is 73.9 Å². The van der Waals surface area contributed by atoms with Crippen molar-refractivity contribution in [3.05, 3.63) is 22.7 Å². The summed E-state index contributed by atoms with van der Waals surface area (Å²) in [5.41, 5.74) is 0. The van der Waals surface area contributed by atoms with Crippen molar-refractivity contribution in [2.24, 2.45) is 5.92 Å². The van der Waals surface area contributed by atoms with Crippen LogP contribution in [0.4, 0.5) is 0 Å². The quantitative estimate of drug-likeness (QED) is 0.867. The predicted octanol–water partition coefficient (Wildman–Crippen LogP) is 3.95. The van der Waals surface area contributed by atoms with Crippen molar-refractivity contribution in [3.8, 4) is 11.8 Å². The van der Waals surface area contributed by atoms with Gasteiger partial charge in [-0.3, -0.25) is 0 Å². The molecule has 0 aliphatic heterocycles. The van der Waals surface area contributed by atoms with Gasteiger partial charge in [0.1, 0.15) is 10.5 Å². The minimum Gasteiger partial charge on any atom is -0.492 e. The second-order valence-corrected chi connectivity index (χ2v) is 8.98. The van der Waals surface area contributed by atoms with Gasteiger partial charge in [0.2, 0.25) is 0 Å². The number of ether oxygens (including phenoxy) is 1. The minimum atomic E-state index is -3.19. The van der Waals surface area contributed by atoms with Gasteiger partial charge in [0.05, 0.1) is 31.8 Å². The summed E-state index contributed by atoms with van der Waals surface area (Å²) < 4.78 is 25.7. The van der Waals surface area contributed by atoms with E-state index in [-0.39, 0.29) is 0 Å². The molecule has 1 aliphatic carbocycles. The lowest BCUT2D eigenvalue weighted by atomic mass is 10.2. The van der Waals surface area contributed by atoms with E-state index in [9.17, 15) is 4.21 Å². The van der Waals surface area contributed by atoms with Crippen LogP contribution in [-0.4, -0.2) is 15.6 Å². The van der Waals surface area contributed by atoms with E-state index in [0.717, 1.165) is 0 Å². The van der Waals surface area contributed by atoms with Crippen molar-refractivity contribution in [2.75, 3.05) is 6.61 Å². The molecule has 0 heterocycles. The number of hydrogen-bond acceptors (Lipinski definition) is 4. The molecule has 1 N–H and O–H groups in total. The zero-order valence-electron chi connectivity index (χ0n) is 11.5. The third-order valence-electron chi connectivity index (χ3n) is 3.39. The molecule has 1 atom stereocenters. The molecule has 1 aliphatic rings. The van der Waals surface area contributed by atoms with Crippen LogP contribution in [0.3, 0.4) is 0 Å². The molecule has 20 heavy (non-hydrogen) atoms. The average molecular weight is 357 g/mol. The monoisotopic (exact) mass is 356 g/mol. The smallest absolute Gasteiger partial charge is 0.139 e. The molecular formula is C14H17BrN2O2S. The van der Waals surface area contributed by atoms with Gasteiger partial charge in [0, 0.05) is 0 Å². The van der Waals surface area contributed by atoms with Gasteiger partial charge >= 0.3 is 0 Å². The molecule has 108 valence electrons. The van der Waals surface area contributed by atoms with Crippen LogP contribution in [0.25, 0.3) is 0 Å². The second-order valence-electron chi connectivity index (χ2n) is 5.52. The van der Waals surface area contributed by atoms with Crippen molar-refractivity contribution >= 4 is 25.7 Å². The van der Waals surface area contributed by atoms with E-state index in [2.05, 4.69) is 15.9 Å². The molecule has 1 saturated carbocycles. The van der Waals surface area contributed by atoms with E-state index in [1.54, 1.807) is 18.2 Å². The number of hydrogen-bond donors (Lipinski definition) is 1. The largest absolute Gasteiger partial charge is 0.492 e. The third-order valence-corrected chi connectivity index (χ3v) is 6.46.